The van der Waals surface area contributed by atoms with Crippen LogP contribution >= 0.6 is 0 Å². The Morgan fingerprint density at radius 2 is 2.00 bits per heavy atom. The molecule has 3 aliphatic heterocycles. The number of nitrogens with zero attached hydrogens (tertiary/aromatic N) is 3. The fraction of sp³-hybridized carbons (Fsp3) is 0.650. The summed E-state index contributed by atoms with van der Waals surface area (Å²) in [5.41, 5.74) is 4.17. The van der Waals surface area contributed by atoms with E-state index in [0.717, 1.165) is 50.4 Å². The van der Waals surface area contributed by atoms with Gasteiger partial charge in [-0.15, -0.1) is 0 Å². The summed E-state index contributed by atoms with van der Waals surface area (Å²) in [6.45, 7) is 10.3. The maximum absolute atomic E-state index is 11.6. The normalized spacial score (nSPS) is 26.2. The van der Waals surface area contributed by atoms with Gasteiger partial charge in [0, 0.05) is 58.0 Å². The van der Waals surface area contributed by atoms with E-state index >= 15 is 0 Å². The van der Waals surface area contributed by atoms with Crippen LogP contribution in [0.15, 0.2) is 12.3 Å². The predicted octanol–water partition coefficient (Wildman–Crippen LogP) is 1.70. The third-order valence-electron chi connectivity index (χ3n) is 6.12. The predicted molar refractivity (Wildman–Crippen MR) is 101 cm³/mol. The molecule has 0 spiro atoms. The fourth-order valence-corrected chi connectivity index (χ4v) is 4.67. The number of carbonyl (C=O) groups is 2. The van der Waals surface area contributed by atoms with E-state index in [-0.39, 0.29) is 5.91 Å². The van der Waals surface area contributed by atoms with Crippen LogP contribution in [0.5, 0.6) is 0 Å². The monoisotopic (exact) mass is 374 g/mol. The second kappa shape index (κ2) is 8.35. The molecule has 0 radical (unpaired) electrons. The minimum absolute atomic E-state index is 0.195. The van der Waals surface area contributed by atoms with Gasteiger partial charge in [-0.25, -0.2) is 5.48 Å². The van der Waals surface area contributed by atoms with Crippen molar-refractivity contribution < 1.29 is 14.8 Å². The number of carbonyl (C=O) groups excluding carboxylic acids is 2. The molecule has 0 aromatic carbocycles. The fourth-order valence-electron chi connectivity index (χ4n) is 4.67. The Bertz CT molecular complexity index is 696. The second-order valence-corrected chi connectivity index (χ2v) is 7.60. The molecule has 5 rings (SSSR count). The van der Waals surface area contributed by atoms with Crippen LogP contribution in [0.25, 0.3) is 0 Å². The zero-order valence-electron chi connectivity index (χ0n) is 16.4. The molecule has 2 atom stereocenters. The van der Waals surface area contributed by atoms with Crippen LogP contribution in [0.1, 0.15) is 48.8 Å². The van der Waals surface area contributed by atoms with E-state index in [4.69, 9.17) is 5.21 Å². The first-order valence-electron chi connectivity index (χ1n) is 9.95. The number of rotatable bonds is 3. The molecular formula is C20H30N4O3. The van der Waals surface area contributed by atoms with Gasteiger partial charge < -0.3 is 4.90 Å². The molecule has 2 saturated heterocycles. The molecule has 3 fully saturated rings. The van der Waals surface area contributed by atoms with Gasteiger partial charge >= 0.3 is 0 Å². The Labute approximate surface area is 160 Å². The maximum Gasteiger partial charge on any atom is 0.276 e. The first kappa shape index (κ1) is 19.8. The standard InChI is InChI=1S/C18H24N4O3.C2H6/c1-11(23)22-8-13-5-14(9-22)16(13)10-21-3-2-17-15(7-21)4-12(6-19-17)18(24)20-25;1-2/h4,6,13-14,16,25H,2-3,5,7-10H2,1H3,(H,20,24);1-2H3. The highest BCUT2D eigenvalue weighted by Crippen LogP contribution is 2.46. The Balaban J connectivity index is 0.00000102. The van der Waals surface area contributed by atoms with Crippen LogP contribution in [0.3, 0.4) is 0 Å². The third-order valence-corrected chi connectivity index (χ3v) is 6.12. The van der Waals surface area contributed by atoms with Gasteiger partial charge in [0.15, 0.2) is 0 Å². The molecule has 2 bridgehead atoms. The summed E-state index contributed by atoms with van der Waals surface area (Å²) in [7, 11) is 0. The van der Waals surface area contributed by atoms with Gasteiger partial charge in [0.25, 0.3) is 5.91 Å². The molecule has 1 aliphatic carbocycles. The van der Waals surface area contributed by atoms with E-state index in [1.165, 1.54) is 12.6 Å². The van der Waals surface area contributed by atoms with Crippen LogP contribution in [0.4, 0.5) is 0 Å². The molecule has 7 heteroatoms. The van der Waals surface area contributed by atoms with Crippen molar-refractivity contribution in [2.75, 3.05) is 26.2 Å². The van der Waals surface area contributed by atoms with Crippen molar-refractivity contribution in [3.05, 3.63) is 29.1 Å². The van der Waals surface area contributed by atoms with E-state index in [2.05, 4.69) is 9.88 Å². The van der Waals surface area contributed by atoms with Crippen molar-refractivity contribution in [2.45, 2.75) is 40.2 Å². The summed E-state index contributed by atoms with van der Waals surface area (Å²) in [6, 6.07) is 1.83. The molecule has 4 aliphatic rings. The molecule has 27 heavy (non-hydrogen) atoms. The van der Waals surface area contributed by atoms with Crippen molar-refractivity contribution in [2.24, 2.45) is 17.8 Å². The van der Waals surface area contributed by atoms with Crippen molar-refractivity contribution in [3.63, 3.8) is 0 Å². The number of nitrogens with one attached hydrogen (secondary N) is 1. The van der Waals surface area contributed by atoms with E-state index < -0.39 is 5.91 Å². The molecular weight excluding hydrogens is 344 g/mol. The molecule has 1 saturated carbocycles. The lowest BCUT2D eigenvalue weighted by molar-refractivity contribution is -0.140. The summed E-state index contributed by atoms with van der Waals surface area (Å²) in [6.07, 6.45) is 3.66. The highest BCUT2D eigenvalue weighted by atomic mass is 16.5. The number of hydrogen-bond acceptors (Lipinski definition) is 5. The Kier molecular flexibility index (Phi) is 6.11. The Morgan fingerprint density at radius 1 is 1.30 bits per heavy atom. The summed E-state index contributed by atoms with van der Waals surface area (Å²) < 4.78 is 0. The van der Waals surface area contributed by atoms with Crippen molar-refractivity contribution in [1.82, 2.24) is 20.3 Å². The van der Waals surface area contributed by atoms with E-state index in [9.17, 15) is 9.59 Å². The quantitative estimate of drug-likeness (QED) is 0.621. The minimum Gasteiger partial charge on any atom is -0.342 e. The zero-order valence-corrected chi connectivity index (χ0v) is 16.4. The van der Waals surface area contributed by atoms with E-state index in [1.54, 1.807) is 12.4 Å². The summed E-state index contributed by atoms with van der Waals surface area (Å²) in [5.74, 6) is 1.61. The topological polar surface area (TPSA) is 85.8 Å². The lowest BCUT2D eigenvalue weighted by atomic mass is 9.61. The average Bonchev–Trinajstić information content (AvgIpc) is 2.72. The van der Waals surface area contributed by atoms with Crippen LogP contribution in [-0.2, 0) is 17.8 Å². The average molecular weight is 374 g/mol. The molecule has 1 aromatic heterocycles. The number of hydrogen-bond donors (Lipinski definition) is 2. The number of piperidine rings is 2. The third kappa shape index (κ3) is 3.99. The number of pyridine rings is 1. The van der Waals surface area contributed by atoms with Crippen molar-refractivity contribution in [3.8, 4) is 0 Å². The maximum atomic E-state index is 11.6. The zero-order chi connectivity index (χ0) is 19.6. The number of amides is 2. The van der Waals surface area contributed by atoms with Crippen LogP contribution in [0.2, 0.25) is 0 Å². The van der Waals surface area contributed by atoms with Gasteiger partial charge in [-0.05, 0) is 35.8 Å². The Hall–Kier alpha value is -1.99. The van der Waals surface area contributed by atoms with E-state index in [1.807, 2.05) is 24.8 Å². The largest absolute Gasteiger partial charge is 0.342 e. The summed E-state index contributed by atoms with van der Waals surface area (Å²) in [4.78, 5) is 32.0. The summed E-state index contributed by atoms with van der Waals surface area (Å²) in [5, 5.41) is 8.79. The molecule has 148 valence electrons. The van der Waals surface area contributed by atoms with Crippen LogP contribution < -0.4 is 5.48 Å². The lowest BCUT2D eigenvalue weighted by Crippen LogP contribution is -2.59. The molecule has 1 aromatic rings. The summed E-state index contributed by atoms with van der Waals surface area (Å²) >= 11 is 0. The smallest absolute Gasteiger partial charge is 0.276 e. The highest BCUT2D eigenvalue weighted by Gasteiger charge is 2.47. The SMILES string of the molecule is CC.CC(=O)N1CC2CC(C1)C2CN1CCc2ncc(C(=O)NO)cc2C1. The van der Waals surface area contributed by atoms with Crippen molar-refractivity contribution in [1.29, 1.82) is 0 Å². The van der Waals surface area contributed by atoms with Crippen LogP contribution in [-0.4, -0.2) is 58.0 Å². The van der Waals surface area contributed by atoms with Gasteiger partial charge in [-0.2, -0.15) is 0 Å². The molecule has 2 unspecified atom stereocenters. The van der Waals surface area contributed by atoms with Gasteiger partial charge in [0.2, 0.25) is 5.91 Å². The number of aromatic nitrogens is 1. The van der Waals surface area contributed by atoms with Crippen molar-refractivity contribution >= 4 is 11.8 Å². The molecule has 7 nitrogen and oxygen atoms in total. The molecule has 4 heterocycles. The van der Waals surface area contributed by atoms with Gasteiger partial charge in [0.05, 0.1) is 5.56 Å². The minimum atomic E-state index is -0.523. The lowest BCUT2D eigenvalue weighted by Gasteiger charge is -2.55. The second-order valence-electron chi connectivity index (χ2n) is 7.60. The van der Waals surface area contributed by atoms with E-state index in [0.29, 0.717) is 23.3 Å². The Morgan fingerprint density at radius 3 is 2.63 bits per heavy atom. The number of fused-ring (bicyclic) bond motifs is 3. The van der Waals surface area contributed by atoms with Crippen LogP contribution in [0, 0.1) is 17.8 Å². The van der Waals surface area contributed by atoms with Gasteiger partial charge in [0.1, 0.15) is 0 Å². The first-order chi connectivity index (χ1) is 13.0. The number of hydroxylamine groups is 1. The van der Waals surface area contributed by atoms with Gasteiger partial charge in [-0.1, -0.05) is 13.8 Å². The van der Waals surface area contributed by atoms with Gasteiger partial charge in [-0.3, -0.25) is 24.7 Å². The highest BCUT2D eigenvalue weighted by molar-refractivity contribution is 5.93. The molecule has 2 N–H and O–H groups in total. The molecule has 2 amide bonds. The first-order valence-corrected chi connectivity index (χ1v) is 9.95.